The predicted octanol–water partition coefficient (Wildman–Crippen LogP) is 2.38. The third-order valence-corrected chi connectivity index (χ3v) is 4.32. The van der Waals surface area contributed by atoms with E-state index in [0.717, 1.165) is 36.6 Å². The lowest BCUT2D eigenvalue weighted by atomic mass is 10.1. The minimum atomic E-state index is -0.246. The normalized spacial score (nSPS) is 18.2. The van der Waals surface area contributed by atoms with E-state index in [1.54, 1.807) is 7.11 Å². The van der Waals surface area contributed by atoms with Crippen molar-refractivity contribution >= 4 is 16.7 Å². The van der Waals surface area contributed by atoms with E-state index in [9.17, 15) is 5.11 Å². The fraction of sp³-hybridized carbons (Fsp3) is 0.421. The summed E-state index contributed by atoms with van der Waals surface area (Å²) >= 11 is 0. The van der Waals surface area contributed by atoms with Crippen LogP contribution in [-0.4, -0.2) is 48.8 Å². The van der Waals surface area contributed by atoms with Gasteiger partial charge in [-0.2, -0.15) is 0 Å². The Hall–Kier alpha value is -2.27. The fourth-order valence-electron chi connectivity index (χ4n) is 3.02. The zero-order valence-electron chi connectivity index (χ0n) is 14.3. The number of β-amino-alcohol motifs (C(OH)–C–C–N with tert-alkyl or cyclic N) is 1. The van der Waals surface area contributed by atoms with Crippen molar-refractivity contribution in [2.24, 2.45) is 4.99 Å². The summed E-state index contributed by atoms with van der Waals surface area (Å²) in [4.78, 5) is 6.86. The van der Waals surface area contributed by atoms with E-state index in [0.29, 0.717) is 13.1 Å². The van der Waals surface area contributed by atoms with Gasteiger partial charge in [-0.05, 0) is 47.9 Å². The highest BCUT2D eigenvalue weighted by Gasteiger charge is 2.22. The molecule has 0 radical (unpaired) electrons. The lowest BCUT2D eigenvalue weighted by Gasteiger charge is -2.21. The van der Waals surface area contributed by atoms with Crippen molar-refractivity contribution in [3.05, 3.63) is 42.0 Å². The van der Waals surface area contributed by atoms with E-state index in [2.05, 4.69) is 41.4 Å². The largest absolute Gasteiger partial charge is 0.497 e. The first-order chi connectivity index (χ1) is 11.7. The molecule has 1 aliphatic rings. The number of likely N-dealkylation sites (tertiary alicyclic amines) is 1. The molecule has 5 heteroatoms. The first kappa shape index (κ1) is 16.6. The van der Waals surface area contributed by atoms with Crippen LogP contribution in [0, 0.1) is 0 Å². The van der Waals surface area contributed by atoms with Gasteiger partial charge in [0, 0.05) is 19.6 Å². The molecule has 0 bridgehead atoms. The second-order valence-electron chi connectivity index (χ2n) is 6.11. The lowest BCUT2D eigenvalue weighted by Crippen LogP contribution is -2.40. The van der Waals surface area contributed by atoms with Crippen molar-refractivity contribution in [2.45, 2.75) is 26.0 Å². The van der Waals surface area contributed by atoms with E-state index >= 15 is 0 Å². The Morgan fingerprint density at radius 1 is 1.29 bits per heavy atom. The Morgan fingerprint density at radius 2 is 2.08 bits per heavy atom. The van der Waals surface area contributed by atoms with Gasteiger partial charge in [0.05, 0.1) is 19.8 Å². The number of benzene rings is 2. The first-order valence-corrected chi connectivity index (χ1v) is 8.47. The number of hydrogen-bond acceptors (Lipinski definition) is 3. The maximum atomic E-state index is 9.73. The highest BCUT2D eigenvalue weighted by Crippen LogP contribution is 2.22. The van der Waals surface area contributed by atoms with Crippen LogP contribution in [0.4, 0.5) is 0 Å². The lowest BCUT2D eigenvalue weighted by molar-refractivity contribution is 0.188. The summed E-state index contributed by atoms with van der Waals surface area (Å²) in [5, 5.41) is 15.4. The van der Waals surface area contributed by atoms with Gasteiger partial charge in [-0.3, -0.25) is 0 Å². The Morgan fingerprint density at radius 3 is 2.79 bits per heavy atom. The number of aliphatic imine (C=N–C) groups is 1. The average molecular weight is 327 g/mol. The van der Waals surface area contributed by atoms with Crippen LogP contribution in [0.1, 0.15) is 18.9 Å². The number of fused-ring (bicyclic) bond motifs is 1. The maximum absolute atomic E-state index is 9.73. The molecule has 1 fully saturated rings. The number of methoxy groups -OCH3 is 1. The minimum Gasteiger partial charge on any atom is -0.497 e. The topological polar surface area (TPSA) is 57.1 Å². The molecular weight excluding hydrogens is 302 g/mol. The van der Waals surface area contributed by atoms with Crippen molar-refractivity contribution in [3.63, 3.8) is 0 Å². The van der Waals surface area contributed by atoms with Crippen LogP contribution < -0.4 is 10.1 Å². The Kier molecular flexibility index (Phi) is 5.20. The molecule has 1 saturated heterocycles. The molecule has 3 rings (SSSR count). The van der Waals surface area contributed by atoms with Gasteiger partial charge < -0.3 is 20.1 Å². The molecule has 1 atom stereocenters. The molecule has 0 unspecified atom stereocenters. The van der Waals surface area contributed by atoms with Crippen LogP contribution in [0.5, 0.6) is 5.75 Å². The second-order valence-corrected chi connectivity index (χ2v) is 6.11. The van der Waals surface area contributed by atoms with Gasteiger partial charge in [0.1, 0.15) is 5.75 Å². The number of ether oxygens (including phenoxy) is 1. The number of aliphatic hydroxyl groups excluding tert-OH is 1. The molecule has 0 aliphatic carbocycles. The van der Waals surface area contributed by atoms with Crippen molar-refractivity contribution in [3.8, 4) is 5.75 Å². The molecule has 5 nitrogen and oxygen atoms in total. The maximum Gasteiger partial charge on any atom is 0.194 e. The summed E-state index contributed by atoms with van der Waals surface area (Å²) in [6, 6.07) is 12.5. The quantitative estimate of drug-likeness (QED) is 0.669. The minimum absolute atomic E-state index is 0.246. The number of nitrogens with zero attached hydrogens (tertiary/aromatic N) is 2. The molecule has 0 aromatic heterocycles. The summed E-state index contributed by atoms with van der Waals surface area (Å²) in [5.41, 5.74) is 1.17. The van der Waals surface area contributed by atoms with E-state index in [4.69, 9.17) is 9.73 Å². The third kappa shape index (κ3) is 3.79. The molecule has 2 aromatic rings. The summed E-state index contributed by atoms with van der Waals surface area (Å²) in [6.07, 6.45) is 0.562. The molecule has 1 aliphatic heterocycles. The van der Waals surface area contributed by atoms with Crippen molar-refractivity contribution in [1.29, 1.82) is 0 Å². The summed E-state index contributed by atoms with van der Waals surface area (Å²) in [6.45, 7) is 5.01. The molecule has 2 aromatic carbocycles. The Bertz CT molecular complexity index is 730. The zero-order chi connectivity index (χ0) is 16.9. The van der Waals surface area contributed by atoms with Crippen molar-refractivity contribution in [1.82, 2.24) is 10.2 Å². The summed E-state index contributed by atoms with van der Waals surface area (Å²) in [7, 11) is 1.68. The third-order valence-electron chi connectivity index (χ3n) is 4.32. The van der Waals surface area contributed by atoms with E-state index in [-0.39, 0.29) is 6.10 Å². The predicted molar refractivity (Wildman–Crippen MR) is 97.5 cm³/mol. The van der Waals surface area contributed by atoms with Crippen LogP contribution in [0.15, 0.2) is 41.4 Å². The molecule has 0 amide bonds. The highest BCUT2D eigenvalue weighted by molar-refractivity contribution is 5.85. The van der Waals surface area contributed by atoms with E-state index < -0.39 is 0 Å². The average Bonchev–Trinajstić information content (AvgIpc) is 3.04. The molecule has 128 valence electrons. The molecule has 0 saturated carbocycles. The zero-order valence-corrected chi connectivity index (χ0v) is 14.3. The molecule has 1 heterocycles. The van der Waals surface area contributed by atoms with Crippen LogP contribution in [0.3, 0.4) is 0 Å². The van der Waals surface area contributed by atoms with E-state index in [1.165, 1.54) is 10.9 Å². The van der Waals surface area contributed by atoms with Gasteiger partial charge in [0.2, 0.25) is 0 Å². The van der Waals surface area contributed by atoms with Crippen LogP contribution >= 0.6 is 0 Å². The number of aliphatic hydroxyl groups is 1. The van der Waals surface area contributed by atoms with Gasteiger partial charge >= 0.3 is 0 Å². The number of hydrogen-bond donors (Lipinski definition) is 2. The molecular formula is C19H25N3O2. The molecule has 0 spiro atoms. The second kappa shape index (κ2) is 7.53. The fourth-order valence-corrected chi connectivity index (χ4v) is 3.02. The molecule has 24 heavy (non-hydrogen) atoms. The summed E-state index contributed by atoms with van der Waals surface area (Å²) in [5.74, 6) is 1.75. The smallest absolute Gasteiger partial charge is 0.194 e. The molecule has 2 N–H and O–H groups in total. The van der Waals surface area contributed by atoms with Crippen LogP contribution in [-0.2, 0) is 6.54 Å². The number of nitrogens with one attached hydrogen (secondary N) is 1. The first-order valence-electron chi connectivity index (χ1n) is 8.47. The van der Waals surface area contributed by atoms with Crippen LogP contribution in [0.25, 0.3) is 10.8 Å². The SMILES string of the molecule is CCNC(=NCc1ccc2cc(OC)ccc2c1)N1CC[C@@H](O)C1. The monoisotopic (exact) mass is 327 g/mol. The van der Waals surface area contributed by atoms with E-state index in [1.807, 2.05) is 12.1 Å². The van der Waals surface area contributed by atoms with Gasteiger partial charge in [0.25, 0.3) is 0 Å². The van der Waals surface area contributed by atoms with Gasteiger partial charge in [-0.1, -0.05) is 18.2 Å². The van der Waals surface area contributed by atoms with Gasteiger partial charge in [-0.25, -0.2) is 4.99 Å². The summed E-state index contributed by atoms with van der Waals surface area (Å²) < 4.78 is 5.27. The standard InChI is InChI=1S/C19H25N3O2/c1-3-20-19(22-9-8-17(23)13-22)21-12-14-4-5-16-11-18(24-2)7-6-15(16)10-14/h4-7,10-11,17,23H,3,8-9,12-13H2,1-2H3,(H,20,21)/t17-/m1/s1. The Balaban J connectivity index is 1.77. The van der Waals surface area contributed by atoms with Crippen molar-refractivity contribution < 1.29 is 9.84 Å². The van der Waals surface area contributed by atoms with Crippen LogP contribution in [0.2, 0.25) is 0 Å². The highest BCUT2D eigenvalue weighted by atomic mass is 16.5. The number of guanidine groups is 1. The Labute approximate surface area is 143 Å². The number of rotatable bonds is 4. The van der Waals surface area contributed by atoms with Gasteiger partial charge in [-0.15, -0.1) is 0 Å². The van der Waals surface area contributed by atoms with Crippen molar-refractivity contribution in [2.75, 3.05) is 26.7 Å². The van der Waals surface area contributed by atoms with Gasteiger partial charge in [0.15, 0.2) is 5.96 Å².